The molecule has 8 nitrogen and oxygen atoms in total. The maximum Gasteiger partial charge on any atom is 0.407 e. The SMILES string of the molecule is Cc1ccc(S(=O)(=O)Oc2ccc(CC(CC(=O)OC(C)C)NC(=O)OC(C)(C)C)cc2)cc1. The Morgan fingerprint density at radius 3 is 2.09 bits per heavy atom. The average Bonchev–Trinajstić information content (AvgIpc) is 2.67. The summed E-state index contributed by atoms with van der Waals surface area (Å²) >= 11 is 0. The van der Waals surface area contributed by atoms with E-state index in [1.807, 2.05) is 6.92 Å². The molecule has 2 rings (SSSR count). The molecule has 1 unspecified atom stereocenters. The highest BCUT2D eigenvalue weighted by Gasteiger charge is 2.23. The highest BCUT2D eigenvalue weighted by Crippen LogP contribution is 2.21. The van der Waals surface area contributed by atoms with Crippen molar-refractivity contribution in [1.29, 1.82) is 0 Å². The number of carbonyl (C=O) groups is 2. The molecular weight excluding hydrogens is 458 g/mol. The van der Waals surface area contributed by atoms with Crippen LogP contribution >= 0.6 is 0 Å². The summed E-state index contributed by atoms with van der Waals surface area (Å²) in [6.45, 7) is 10.6. The number of hydrogen-bond acceptors (Lipinski definition) is 7. The summed E-state index contributed by atoms with van der Waals surface area (Å²) in [6.07, 6.45) is -0.657. The van der Waals surface area contributed by atoms with Crippen molar-refractivity contribution in [1.82, 2.24) is 5.32 Å². The zero-order valence-corrected chi connectivity index (χ0v) is 21.3. The summed E-state index contributed by atoms with van der Waals surface area (Å²) in [4.78, 5) is 24.5. The Kier molecular flexibility index (Phi) is 9.09. The minimum absolute atomic E-state index is 0.0442. The summed E-state index contributed by atoms with van der Waals surface area (Å²) < 4.78 is 40.7. The number of esters is 1. The van der Waals surface area contributed by atoms with E-state index < -0.39 is 33.8 Å². The fraction of sp³-hybridized carbons (Fsp3) is 0.440. The first-order valence-corrected chi connectivity index (χ1v) is 12.4. The van der Waals surface area contributed by atoms with Gasteiger partial charge in [0.15, 0.2) is 0 Å². The molecular formula is C25H33NO7S. The Hall–Kier alpha value is -3.07. The van der Waals surface area contributed by atoms with Crippen LogP contribution in [0.3, 0.4) is 0 Å². The molecule has 0 radical (unpaired) electrons. The predicted molar refractivity (Wildman–Crippen MR) is 128 cm³/mol. The number of ether oxygens (including phenoxy) is 2. The van der Waals surface area contributed by atoms with Gasteiger partial charge in [0.2, 0.25) is 0 Å². The molecule has 0 saturated heterocycles. The summed E-state index contributed by atoms with van der Waals surface area (Å²) in [6, 6.07) is 12.2. The van der Waals surface area contributed by atoms with Gasteiger partial charge in [-0.1, -0.05) is 29.8 Å². The van der Waals surface area contributed by atoms with Crippen molar-refractivity contribution in [3.8, 4) is 5.75 Å². The molecule has 0 bridgehead atoms. The average molecular weight is 492 g/mol. The maximum absolute atomic E-state index is 12.5. The topological polar surface area (TPSA) is 108 Å². The minimum Gasteiger partial charge on any atom is -0.463 e. The van der Waals surface area contributed by atoms with Gasteiger partial charge < -0.3 is 19.0 Å². The van der Waals surface area contributed by atoms with Crippen LogP contribution < -0.4 is 9.50 Å². The van der Waals surface area contributed by atoms with Gasteiger partial charge in [0.1, 0.15) is 16.2 Å². The van der Waals surface area contributed by atoms with E-state index in [1.165, 1.54) is 24.3 Å². The van der Waals surface area contributed by atoms with Gasteiger partial charge in [-0.3, -0.25) is 4.79 Å². The van der Waals surface area contributed by atoms with Gasteiger partial charge >= 0.3 is 22.2 Å². The van der Waals surface area contributed by atoms with Gasteiger partial charge in [-0.15, -0.1) is 0 Å². The molecule has 1 atom stereocenters. The molecule has 1 N–H and O–H groups in total. The van der Waals surface area contributed by atoms with E-state index in [2.05, 4.69) is 5.32 Å². The van der Waals surface area contributed by atoms with E-state index in [4.69, 9.17) is 13.7 Å². The molecule has 1 amide bonds. The number of nitrogens with one attached hydrogen (secondary N) is 1. The maximum atomic E-state index is 12.5. The highest BCUT2D eigenvalue weighted by atomic mass is 32.2. The number of alkyl carbamates (subject to hydrolysis) is 1. The molecule has 0 fully saturated rings. The van der Waals surface area contributed by atoms with Crippen molar-refractivity contribution >= 4 is 22.2 Å². The highest BCUT2D eigenvalue weighted by molar-refractivity contribution is 7.87. The van der Waals surface area contributed by atoms with Gasteiger partial charge in [0.25, 0.3) is 0 Å². The summed E-state index contributed by atoms with van der Waals surface area (Å²) in [5.41, 5.74) is 1.02. The van der Waals surface area contributed by atoms with E-state index in [0.717, 1.165) is 11.1 Å². The second kappa shape index (κ2) is 11.4. The predicted octanol–water partition coefficient (Wildman–Crippen LogP) is 4.54. The number of benzene rings is 2. The second-order valence-electron chi connectivity index (χ2n) is 9.28. The van der Waals surface area contributed by atoms with Crippen molar-refractivity contribution in [2.75, 3.05) is 0 Å². The van der Waals surface area contributed by atoms with Crippen LogP contribution in [0.4, 0.5) is 4.79 Å². The zero-order valence-electron chi connectivity index (χ0n) is 20.5. The minimum atomic E-state index is -3.96. The van der Waals surface area contributed by atoms with E-state index in [9.17, 15) is 18.0 Å². The standard InChI is InChI=1S/C25H33NO7S/c1-17(2)31-23(27)16-20(26-24(28)32-25(4,5)6)15-19-9-11-21(12-10-19)33-34(29,30)22-13-7-18(3)8-14-22/h7-14,17,20H,15-16H2,1-6H3,(H,26,28). The molecule has 0 saturated carbocycles. The molecule has 34 heavy (non-hydrogen) atoms. The molecule has 0 spiro atoms. The lowest BCUT2D eigenvalue weighted by Crippen LogP contribution is -2.41. The monoisotopic (exact) mass is 491 g/mol. The van der Waals surface area contributed by atoms with E-state index >= 15 is 0 Å². The molecule has 2 aromatic rings. The molecule has 186 valence electrons. The fourth-order valence-corrected chi connectivity index (χ4v) is 3.94. The van der Waals surface area contributed by atoms with Crippen molar-refractivity contribution in [2.45, 2.75) is 77.0 Å². The molecule has 0 aromatic heterocycles. The van der Waals surface area contributed by atoms with Crippen LogP contribution in [0.2, 0.25) is 0 Å². The van der Waals surface area contributed by atoms with Gasteiger partial charge in [-0.25, -0.2) is 4.79 Å². The quantitative estimate of drug-likeness (QED) is 0.405. The largest absolute Gasteiger partial charge is 0.463 e. The van der Waals surface area contributed by atoms with Crippen LogP contribution in [-0.2, 0) is 30.8 Å². The first-order chi connectivity index (χ1) is 15.7. The van der Waals surface area contributed by atoms with E-state index in [-0.39, 0.29) is 23.2 Å². The van der Waals surface area contributed by atoms with E-state index in [0.29, 0.717) is 6.42 Å². The van der Waals surface area contributed by atoms with Gasteiger partial charge in [0, 0.05) is 6.04 Å². The van der Waals surface area contributed by atoms with Gasteiger partial charge in [-0.2, -0.15) is 8.42 Å². The third-order valence-corrected chi connectivity index (χ3v) is 5.68. The number of carbonyl (C=O) groups excluding carboxylic acids is 2. The lowest BCUT2D eigenvalue weighted by atomic mass is 10.0. The van der Waals surface area contributed by atoms with Crippen LogP contribution in [0.1, 0.15) is 52.2 Å². The van der Waals surface area contributed by atoms with Crippen molar-refractivity contribution in [3.63, 3.8) is 0 Å². The van der Waals surface area contributed by atoms with Crippen LogP contribution in [-0.4, -0.2) is 38.2 Å². The van der Waals surface area contributed by atoms with Crippen molar-refractivity contribution in [3.05, 3.63) is 59.7 Å². The summed E-state index contributed by atoms with van der Waals surface area (Å²) in [7, 11) is -3.96. The van der Waals surface area contributed by atoms with Crippen LogP contribution in [0.5, 0.6) is 5.75 Å². The number of aryl methyl sites for hydroxylation is 1. The molecule has 0 aliphatic carbocycles. The Labute approximate surface area is 201 Å². The molecule has 0 aliphatic heterocycles. The van der Waals surface area contributed by atoms with Gasteiger partial charge in [-0.05, 0) is 77.8 Å². The van der Waals surface area contributed by atoms with Crippen LogP contribution in [0.15, 0.2) is 53.4 Å². The van der Waals surface area contributed by atoms with E-state index in [1.54, 1.807) is 58.9 Å². The van der Waals surface area contributed by atoms with Crippen molar-refractivity contribution in [2.24, 2.45) is 0 Å². The van der Waals surface area contributed by atoms with Crippen LogP contribution in [0.25, 0.3) is 0 Å². The lowest BCUT2D eigenvalue weighted by Gasteiger charge is -2.23. The second-order valence-corrected chi connectivity index (χ2v) is 10.8. The molecule has 2 aromatic carbocycles. The Morgan fingerprint density at radius 2 is 1.56 bits per heavy atom. The molecule has 0 heterocycles. The number of hydrogen-bond donors (Lipinski definition) is 1. The summed E-state index contributed by atoms with van der Waals surface area (Å²) in [5.74, 6) is -0.291. The lowest BCUT2D eigenvalue weighted by molar-refractivity contribution is -0.147. The summed E-state index contributed by atoms with van der Waals surface area (Å²) in [5, 5.41) is 2.72. The number of rotatable bonds is 9. The Morgan fingerprint density at radius 1 is 0.971 bits per heavy atom. The third-order valence-electron chi connectivity index (χ3n) is 4.42. The van der Waals surface area contributed by atoms with Crippen molar-refractivity contribution < 1.29 is 31.7 Å². The van der Waals surface area contributed by atoms with Gasteiger partial charge in [0.05, 0.1) is 12.5 Å². The fourth-order valence-electron chi connectivity index (χ4n) is 3.01. The first-order valence-electron chi connectivity index (χ1n) is 11.0. The molecule has 9 heteroatoms. The Balaban J connectivity index is 2.10. The zero-order chi connectivity index (χ0) is 25.5. The smallest absolute Gasteiger partial charge is 0.407 e. The molecule has 0 aliphatic rings. The number of amides is 1. The van der Waals surface area contributed by atoms with Crippen LogP contribution in [0, 0.1) is 6.92 Å². The third kappa shape index (κ3) is 9.43. The first kappa shape index (κ1) is 27.2. The Bertz CT molecular complexity index is 1070. The normalized spacial score (nSPS) is 12.7.